The van der Waals surface area contributed by atoms with Crippen LogP contribution in [0, 0.1) is 19.3 Å². The van der Waals surface area contributed by atoms with E-state index >= 15 is 0 Å². The van der Waals surface area contributed by atoms with Gasteiger partial charge < -0.3 is 15.2 Å². The van der Waals surface area contributed by atoms with E-state index in [0.29, 0.717) is 11.3 Å². The molecule has 0 saturated carbocycles. The first kappa shape index (κ1) is 15.1. The van der Waals surface area contributed by atoms with Crippen molar-refractivity contribution < 1.29 is 14.6 Å². The van der Waals surface area contributed by atoms with Gasteiger partial charge >= 0.3 is 0 Å². The molecule has 0 saturated heterocycles. The van der Waals surface area contributed by atoms with Crippen LogP contribution < -0.4 is 10.1 Å². The number of hydrogen-bond acceptors (Lipinski definition) is 3. The Morgan fingerprint density at radius 2 is 2.21 bits per heavy atom. The molecule has 0 heterocycles. The lowest BCUT2D eigenvalue weighted by molar-refractivity contribution is -0.127. The predicted octanol–water partition coefficient (Wildman–Crippen LogP) is 1.57. The van der Waals surface area contributed by atoms with Crippen molar-refractivity contribution in [3.63, 3.8) is 0 Å². The van der Waals surface area contributed by atoms with Crippen molar-refractivity contribution in [3.05, 3.63) is 29.3 Å². The fourth-order valence-electron chi connectivity index (χ4n) is 1.63. The molecule has 2 N–H and O–H groups in total. The monoisotopic (exact) mass is 261 g/mol. The van der Waals surface area contributed by atoms with Crippen molar-refractivity contribution in [2.24, 2.45) is 0 Å². The van der Waals surface area contributed by atoms with Gasteiger partial charge in [-0.2, -0.15) is 0 Å². The van der Waals surface area contributed by atoms with Crippen molar-refractivity contribution >= 4 is 5.91 Å². The summed E-state index contributed by atoms with van der Waals surface area (Å²) in [5.41, 5.74) is 1.68. The Morgan fingerprint density at radius 1 is 1.53 bits per heavy atom. The standard InChI is InChI=1S/C15H19NO3/c1-5-8-16-15(18)12(4)19-14-7-6-10(2)9-13(14)11(3)17/h1,6-7,9,11-12,17H,8H2,2-4H3,(H,16,18)/t11-,12?/m1/s1. The molecule has 1 unspecified atom stereocenters. The number of terminal acetylenes is 1. The maximum Gasteiger partial charge on any atom is 0.261 e. The summed E-state index contributed by atoms with van der Waals surface area (Å²) < 4.78 is 5.58. The highest BCUT2D eigenvalue weighted by Crippen LogP contribution is 2.27. The van der Waals surface area contributed by atoms with Crippen LogP contribution in [0.1, 0.15) is 31.1 Å². The summed E-state index contributed by atoms with van der Waals surface area (Å²) in [5.74, 6) is 2.55. The van der Waals surface area contributed by atoms with E-state index in [4.69, 9.17) is 11.2 Å². The molecular weight excluding hydrogens is 242 g/mol. The molecule has 102 valence electrons. The van der Waals surface area contributed by atoms with Crippen LogP contribution in [0.25, 0.3) is 0 Å². The number of hydrogen-bond donors (Lipinski definition) is 2. The van der Waals surface area contributed by atoms with Crippen molar-refractivity contribution in [2.75, 3.05) is 6.54 Å². The van der Waals surface area contributed by atoms with E-state index in [1.807, 2.05) is 19.1 Å². The van der Waals surface area contributed by atoms with Crippen molar-refractivity contribution in [3.8, 4) is 18.1 Å². The number of carbonyl (C=O) groups excluding carboxylic acids is 1. The molecule has 0 radical (unpaired) electrons. The van der Waals surface area contributed by atoms with E-state index in [0.717, 1.165) is 5.56 Å². The third kappa shape index (κ3) is 4.31. The summed E-state index contributed by atoms with van der Waals surface area (Å²) in [5, 5.41) is 12.3. The molecule has 0 aliphatic rings. The fraction of sp³-hybridized carbons (Fsp3) is 0.400. The molecule has 1 amide bonds. The molecule has 0 aliphatic heterocycles. The Morgan fingerprint density at radius 3 is 2.79 bits per heavy atom. The largest absolute Gasteiger partial charge is 0.481 e. The second-order valence-electron chi connectivity index (χ2n) is 4.40. The van der Waals surface area contributed by atoms with Crippen LogP contribution in [0.4, 0.5) is 0 Å². The molecule has 0 spiro atoms. The van der Waals surface area contributed by atoms with E-state index in [-0.39, 0.29) is 12.5 Å². The average molecular weight is 261 g/mol. The molecule has 4 heteroatoms. The van der Waals surface area contributed by atoms with Crippen LogP contribution in [-0.2, 0) is 4.79 Å². The maximum absolute atomic E-state index is 11.7. The van der Waals surface area contributed by atoms with Gasteiger partial charge in [0.25, 0.3) is 5.91 Å². The number of aryl methyl sites for hydroxylation is 1. The van der Waals surface area contributed by atoms with Gasteiger partial charge in [0.1, 0.15) is 5.75 Å². The van der Waals surface area contributed by atoms with Gasteiger partial charge in [-0.1, -0.05) is 17.6 Å². The zero-order chi connectivity index (χ0) is 14.4. The van der Waals surface area contributed by atoms with Gasteiger partial charge in [0.05, 0.1) is 12.6 Å². The number of nitrogens with one attached hydrogen (secondary N) is 1. The Hall–Kier alpha value is -1.99. The van der Waals surface area contributed by atoms with E-state index in [2.05, 4.69) is 11.2 Å². The Bertz CT molecular complexity index is 489. The van der Waals surface area contributed by atoms with Gasteiger partial charge in [0.2, 0.25) is 0 Å². The number of aliphatic hydroxyl groups is 1. The summed E-state index contributed by atoms with van der Waals surface area (Å²) in [7, 11) is 0. The van der Waals surface area contributed by atoms with Crippen LogP contribution in [0.3, 0.4) is 0 Å². The number of ether oxygens (including phenoxy) is 1. The van der Waals surface area contributed by atoms with Crippen LogP contribution in [-0.4, -0.2) is 23.7 Å². The topological polar surface area (TPSA) is 58.6 Å². The molecule has 0 aromatic heterocycles. The Labute approximate surface area is 113 Å². The molecule has 4 nitrogen and oxygen atoms in total. The second kappa shape index (κ2) is 6.81. The first-order valence-electron chi connectivity index (χ1n) is 6.12. The number of aliphatic hydroxyl groups excluding tert-OH is 1. The van der Waals surface area contributed by atoms with Crippen LogP contribution >= 0.6 is 0 Å². The smallest absolute Gasteiger partial charge is 0.261 e. The highest BCUT2D eigenvalue weighted by molar-refractivity contribution is 5.80. The van der Waals surface area contributed by atoms with E-state index in [1.165, 1.54) is 0 Å². The minimum Gasteiger partial charge on any atom is -0.481 e. The second-order valence-corrected chi connectivity index (χ2v) is 4.40. The predicted molar refractivity (Wildman–Crippen MR) is 73.7 cm³/mol. The van der Waals surface area contributed by atoms with E-state index in [1.54, 1.807) is 19.9 Å². The summed E-state index contributed by atoms with van der Waals surface area (Å²) in [4.78, 5) is 11.7. The average Bonchev–Trinajstić information content (AvgIpc) is 2.37. The van der Waals surface area contributed by atoms with Crippen molar-refractivity contribution in [2.45, 2.75) is 33.0 Å². The number of carbonyl (C=O) groups is 1. The third-order valence-electron chi connectivity index (χ3n) is 2.65. The minimum atomic E-state index is -0.673. The fourth-order valence-corrected chi connectivity index (χ4v) is 1.63. The van der Waals surface area contributed by atoms with Gasteiger partial charge in [-0.25, -0.2) is 0 Å². The zero-order valence-corrected chi connectivity index (χ0v) is 11.4. The first-order valence-corrected chi connectivity index (χ1v) is 6.12. The Balaban J connectivity index is 2.82. The molecule has 0 bridgehead atoms. The molecule has 0 fully saturated rings. The van der Waals surface area contributed by atoms with Gasteiger partial charge in [-0.3, -0.25) is 4.79 Å². The number of amides is 1. The molecule has 0 aliphatic carbocycles. The molecular formula is C15H19NO3. The summed E-state index contributed by atoms with van der Waals surface area (Å²) in [6, 6.07) is 5.46. The number of benzene rings is 1. The van der Waals surface area contributed by atoms with Gasteiger partial charge in [0, 0.05) is 5.56 Å². The van der Waals surface area contributed by atoms with E-state index in [9.17, 15) is 9.90 Å². The lowest BCUT2D eigenvalue weighted by atomic mass is 10.1. The molecule has 1 aromatic rings. The SMILES string of the molecule is C#CCNC(=O)C(C)Oc1ccc(C)cc1[C@@H](C)O. The van der Waals surface area contributed by atoms with Crippen molar-refractivity contribution in [1.29, 1.82) is 0 Å². The summed E-state index contributed by atoms with van der Waals surface area (Å²) in [6.07, 6.45) is 3.74. The molecule has 19 heavy (non-hydrogen) atoms. The molecule has 2 atom stereocenters. The maximum atomic E-state index is 11.7. The Kier molecular flexibility index (Phi) is 5.40. The number of rotatable bonds is 5. The first-order chi connectivity index (χ1) is 8.95. The van der Waals surface area contributed by atoms with Gasteiger partial charge in [-0.15, -0.1) is 6.42 Å². The van der Waals surface area contributed by atoms with Gasteiger partial charge in [0.15, 0.2) is 6.10 Å². The van der Waals surface area contributed by atoms with Crippen LogP contribution in [0.5, 0.6) is 5.75 Å². The van der Waals surface area contributed by atoms with Crippen molar-refractivity contribution in [1.82, 2.24) is 5.32 Å². The minimum absolute atomic E-state index is 0.170. The molecule has 1 aromatic carbocycles. The summed E-state index contributed by atoms with van der Waals surface area (Å²) in [6.45, 7) is 5.39. The zero-order valence-electron chi connectivity index (χ0n) is 11.4. The lowest BCUT2D eigenvalue weighted by Gasteiger charge is -2.18. The van der Waals surface area contributed by atoms with Crippen LogP contribution in [0.15, 0.2) is 18.2 Å². The normalized spacial score (nSPS) is 13.2. The highest BCUT2D eigenvalue weighted by Gasteiger charge is 2.17. The highest BCUT2D eigenvalue weighted by atomic mass is 16.5. The lowest BCUT2D eigenvalue weighted by Crippen LogP contribution is -2.36. The quantitative estimate of drug-likeness (QED) is 0.791. The van der Waals surface area contributed by atoms with Crippen LogP contribution in [0.2, 0.25) is 0 Å². The third-order valence-corrected chi connectivity index (χ3v) is 2.65. The van der Waals surface area contributed by atoms with Gasteiger partial charge in [-0.05, 0) is 32.9 Å². The molecule has 1 rings (SSSR count). The summed E-state index contributed by atoms with van der Waals surface area (Å²) >= 11 is 0. The van der Waals surface area contributed by atoms with E-state index < -0.39 is 12.2 Å².